The molecule has 2 heterocycles. The van der Waals surface area contributed by atoms with Gasteiger partial charge in [0.15, 0.2) is 0 Å². The van der Waals surface area contributed by atoms with E-state index in [1.807, 2.05) is 38.1 Å². The second-order valence-corrected chi connectivity index (χ2v) is 5.02. The van der Waals surface area contributed by atoms with E-state index in [0.717, 1.165) is 34.3 Å². The first kappa shape index (κ1) is 14.8. The zero-order valence-corrected chi connectivity index (χ0v) is 13.4. The smallest absolute Gasteiger partial charge is 0.142 e. The van der Waals surface area contributed by atoms with E-state index < -0.39 is 0 Å². The normalized spacial score (nSPS) is 10.4. The van der Waals surface area contributed by atoms with E-state index in [-0.39, 0.29) is 0 Å². The van der Waals surface area contributed by atoms with Crippen LogP contribution in [0.25, 0.3) is 0 Å². The molecular formula is C15H17BrN2O2. The SMILES string of the molecule is COc1cc(C)nc(COc2ccc(C)nc2CBr)c1. The molecule has 0 aliphatic heterocycles. The molecule has 0 amide bonds. The lowest BCUT2D eigenvalue weighted by molar-refractivity contribution is 0.296. The van der Waals surface area contributed by atoms with Gasteiger partial charge in [-0.25, -0.2) is 0 Å². The molecule has 0 fully saturated rings. The highest BCUT2D eigenvalue weighted by Crippen LogP contribution is 2.21. The van der Waals surface area contributed by atoms with E-state index in [4.69, 9.17) is 9.47 Å². The summed E-state index contributed by atoms with van der Waals surface area (Å²) in [5.41, 5.74) is 3.61. The first-order valence-corrected chi connectivity index (χ1v) is 7.41. The molecule has 0 saturated carbocycles. The Balaban J connectivity index is 2.14. The van der Waals surface area contributed by atoms with E-state index in [9.17, 15) is 0 Å². The fraction of sp³-hybridized carbons (Fsp3) is 0.333. The van der Waals surface area contributed by atoms with Crippen molar-refractivity contribution in [2.24, 2.45) is 0 Å². The molecule has 0 N–H and O–H groups in total. The number of halogens is 1. The molecule has 0 bridgehead atoms. The van der Waals surface area contributed by atoms with E-state index >= 15 is 0 Å². The maximum Gasteiger partial charge on any atom is 0.142 e. The molecule has 0 aliphatic carbocycles. The molecular weight excluding hydrogens is 320 g/mol. The number of hydrogen-bond acceptors (Lipinski definition) is 4. The first-order valence-electron chi connectivity index (χ1n) is 6.29. The van der Waals surface area contributed by atoms with Gasteiger partial charge in [0, 0.05) is 28.9 Å². The monoisotopic (exact) mass is 336 g/mol. The number of rotatable bonds is 5. The second-order valence-electron chi connectivity index (χ2n) is 4.46. The van der Waals surface area contributed by atoms with E-state index in [0.29, 0.717) is 11.9 Å². The Morgan fingerprint density at radius 2 is 1.90 bits per heavy atom. The van der Waals surface area contributed by atoms with Crippen LogP contribution in [0.1, 0.15) is 22.8 Å². The predicted octanol–water partition coefficient (Wildman–Crippen LogP) is 3.58. The minimum Gasteiger partial charge on any atom is -0.497 e. The Labute approximate surface area is 127 Å². The van der Waals surface area contributed by atoms with Crippen molar-refractivity contribution < 1.29 is 9.47 Å². The summed E-state index contributed by atoms with van der Waals surface area (Å²) in [4.78, 5) is 8.87. The van der Waals surface area contributed by atoms with Crippen molar-refractivity contribution in [3.8, 4) is 11.5 Å². The Bertz CT molecular complexity index is 602. The van der Waals surface area contributed by atoms with Gasteiger partial charge >= 0.3 is 0 Å². The number of hydrogen-bond donors (Lipinski definition) is 0. The molecule has 0 atom stereocenters. The summed E-state index contributed by atoms with van der Waals surface area (Å²) in [5.74, 6) is 1.56. The van der Waals surface area contributed by atoms with Gasteiger partial charge < -0.3 is 9.47 Å². The molecule has 2 aromatic heterocycles. The van der Waals surface area contributed by atoms with Gasteiger partial charge in [-0.15, -0.1) is 0 Å². The lowest BCUT2D eigenvalue weighted by Crippen LogP contribution is -2.03. The molecule has 0 saturated heterocycles. The molecule has 106 valence electrons. The highest BCUT2D eigenvalue weighted by Gasteiger charge is 2.07. The minimum absolute atomic E-state index is 0.392. The van der Waals surface area contributed by atoms with Crippen molar-refractivity contribution in [3.05, 3.63) is 47.0 Å². The molecule has 2 aromatic rings. The average Bonchev–Trinajstić information content (AvgIpc) is 2.45. The number of ether oxygens (including phenoxy) is 2. The number of nitrogens with zero attached hydrogens (tertiary/aromatic N) is 2. The van der Waals surface area contributed by atoms with E-state index in [2.05, 4.69) is 25.9 Å². The summed E-state index contributed by atoms with van der Waals surface area (Å²) in [7, 11) is 1.65. The zero-order chi connectivity index (χ0) is 14.5. The summed E-state index contributed by atoms with van der Waals surface area (Å²) in [6, 6.07) is 7.64. The van der Waals surface area contributed by atoms with Crippen LogP contribution < -0.4 is 9.47 Å². The molecule has 0 spiro atoms. The van der Waals surface area contributed by atoms with Gasteiger partial charge in [0.25, 0.3) is 0 Å². The first-order chi connectivity index (χ1) is 9.62. The third-order valence-electron chi connectivity index (χ3n) is 2.79. The fourth-order valence-electron chi connectivity index (χ4n) is 1.87. The lowest BCUT2D eigenvalue weighted by atomic mass is 10.3. The number of alkyl halides is 1. The second kappa shape index (κ2) is 6.70. The van der Waals surface area contributed by atoms with Crippen molar-refractivity contribution in [1.82, 2.24) is 9.97 Å². The van der Waals surface area contributed by atoms with E-state index in [1.165, 1.54) is 0 Å². The molecule has 4 nitrogen and oxygen atoms in total. The summed E-state index contributed by atoms with van der Waals surface area (Å²) >= 11 is 3.43. The Morgan fingerprint density at radius 3 is 2.60 bits per heavy atom. The topological polar surface area (TPSA) is 44.2 Å². The van der Waals surface area contributed by atoms with Gasteiger partial charge in [-0.2, -0.15) is 0 Å². The van der Waals surface area contributed by atoms with E-state index in [1.54, 1.807) is 7.11 Å². The van der Waals surface area contributed by atoms with Crippen LogP contribution in [0.2, 0.25) is 0 Å². The third-order valence-corrected chi connectivity index (χ3v) is 3.32. The zero-order valence-electron chi connectivity index (χ0n) is 11.8. The van der Waals surface area contributed by atoms with Crippen LogP contribution in [0.3, 0.4) is 0 Å². The van der Waals surface area contributed by atoms with Crippen LogP contribution in [0.4, 0.5) is 0 Å². The van der Waals surface area contributed by atoms with Gasteiger partial charge in [-0.1, -0.05) is 15.9 Å². The maximum atomic E-state index is 5.81. The lowest BCUT2D eigenvalue weighted by Gasteiger charge is -2.11. The van der Waals surface area contributed by atoms with Crippen LogP contribution in [0.5, 0.6) is 11.5 Å². The fourth-order valence-corrected chi connectivity index (χ4v) is 2.27. The molecule has 5 heteroatoms. The Kier molecular flexibility index (Phi) is 4.95. The van der Waals surface area contributed by atoms with Gasteiger partial charge in [-0.3, -0.25) is 9.97 Å². The summed E-state index contributed by atoms with van der Waals surface area (Å²) in [5, 5.41) is 0.661. The van der Waals surface area contributed by atoms with Crippen molar-refractivity contribution in [2.45, 2.75) is 25.8 Å². The summed E-state index contributed by atoms with van der Waals surface area (Å²) in [6.45, 7) is 4.29. The highest BCUT2D eigenvalue weighted by molar-refractivity contribution is 9.08. The van der Waals surface area contributed by atoms with Gasteiger partial charge in [0.1, 0.15) is 18.1 Å². The molecule has 0 aromatic carbocycles. The van der Waals surface area contributed by atoms with Gasteiger partial charge in [0.2, 0.25) is 0 Å². The van der Waals surface area contributed by atoms with Crippen LogP contribution >= 0.6 is 15.9 Å². The van der Waals surface area contributed by atoms with Crippen molar-refractivity contribution >= 4 is 15.9 Å². The summed E-state index contributed by atoms with van der Waals surface area (Å²) < 4.78 is 11.0. The number of pyridine rings is 2. The maximum absolute atomic E-state index is 5.81. The standard InChI is InChI=1S/C15H17BrN2O2/c1-10-4-5-15(14(8-16)18-10)20-9-12-7-13(19-3)6-11(2)17-12/h4-7H,8-9H2,1-3H3. The predicted molar refractivity (Wildman–Crippen MR) is 81.5 cm³/mol. The molecule has 20 heavy (non-hydrogen) atoms. The van der Waals surface area contributed by atoms with Crippen LogP contribution in [-0.2, 0) is 11.9 Å². The number of aryl methyl sites for hydroxylation is 2. The Morgan fingerprint density at radius 1 is 1.10 bits per heavy atom. The van der Waals surface area contributed by atoms with Crippen LogP contribution in [0.15, 0.2) is 24.3 Å². The third kappa shape index (κ3) is 3.70. The van der Waals surface area contributed by atoms with Gasteiger partial charge in [-0.05, 0) is 26.0 Å². The minimum atomic E-state index is 0.392. The quantitative estimate of drug-likeness (QED) is 0.783. The number of aromatic nitrogens is 2. The molecule has 0 aliphatic rings. The van der Waals surface area contributed by atoms with Crippen molar-refractivity contribution in [2.75, 3.05) is 7.11 Å². The van der Waals surface area contributed by atoms with Crippen molar-refractivity contribution in [3.63, 3.8) is 0 Å². The number of methoxy groups -OCH3 is 1. The van der Waals surface area contributed by atoms with Gasteiger partial charge in [0.05, 0.1) is 18.5 Å². The van der Waals surface area contributed by atoms with Crippen LogP contribution in [-0.4, -0.2) is 17.1 Å². The van der Waals surface area contributed by atoms with Crippen molar-refractivity contribution in [1.29, 1.82) is 0 Å². The Hall–Kier alpha value is -1.62. The largest absolute Gasteiger partial charge is 0.497 e. The highest BCUT2D eigenvalue weighted by atomic mass is 79.9. The molecule has 2 rings (SSSR count). The summed E-state index contributed by atoms with van der Waals surface area (Å²) in [6.07, 6.45) is 0. The average molecular weight is 337 g/mol. The molecule has 0 radical (unpaired) electrons. The van der Waals surface area contributed by atoms with Crippen LogP contribution in [0, 0.1) is 13.8 Å². The molecule has 0 unspecified atom stereocenters.